The molecule has 1 aromatic heterocycles. The molecule has 0 aliphatic heterocycles. The Hall–Kier alpha value is -2.17. The summed E-state index contributed by atoms with van der Waals surface area (Å²) in [7, 11) is 0. The number of hydrogen-bond donors (Lipinski definition) is 0. The summed E-state index contributed by atoms with van der Waals surface area (Å²) in [5.74, 6) is -0.369. The van der Waals surface area contributed by atoms with Crippen molar-refractivity contribution in [3.8, 4) is 0 Å². The van der Waals surface area contributed by atoms with Crippen LogP contribution in [0.4, 0.5) is 0 Å². The molecule has 5 heteroatoms. The van der Waals surface area contributed by atoms with Crippen LogP contribution in [0.2, 0.25) is 0 Å². The van der Waals surface area contributed by atoms with Gasteiger partial charge in [-0.25, -0.2) is 9.48 Å². The first-order valence-corrected chi connectivity index (χ1v) is 4.42. The van der Waals surface area contributed by atoms with E-state index in [0.717, 1.165) is 0 Å². The van der Waals surface area contributed by atoms with E-state index in [0.29, 0.717) is 5.56 Å². The maximum absolute atomic E-state index is 11.5. The van der Waals surface area contributed by atoms with Crippen LogP contribution in [-0.2, 0) is 11.5 Å². The lowest BCUT2D eigenvalue weighted by Crippen LogP contribution is -2.10. The second kappa shape index (κ2) is 4.36. The van der Waals surface area contributed by atoms with Crippen molar-refractivity contribution in [1.82, 2.24) is 15.0 Å². The summed E-state index contributed by atoms with van der Waals surface area (Å²) >= 11 is 0. The van der Waals surface area contributed by atoms with Gasteiger partial charge in [0.05, 0.1) is 11.8 Å². The SMILES string of the molecule is O=C(OCn1ccnn1)c1ccccc1. The average molecular weight is 203 g/mol. The number of hydrogen-bond acceptors (Lipinski definition) is 4. The van der Waals surface area contributed by atoms with E-state index in [-0.39, 0.29) is 12.7 Å². The molecular formula is C10H9N3O2. The third-order valence-corrected chi connectivity index (χ3v) is 1.81. The van der Waals surface area contributed by atoms with E-state index in [4.69, 9.17) is 4.74 Å². The number of nitrogens with zero attached hydrogens (tertiary/aromatic N) is 3. The summed E-state index contributed by atoms with van der Waals surface area (Å²) in [6.45, 7) is 0.0771. The zero-order valence-corrected chi connectivity index (χ0v) is 7.91. The fourth-order valence-corrected chi connectivity index (χ4v) is 1.08. The molecule has 15 heavy (non-hydrogen) atoms. The van der Waals surface area contributed by atoms with Gasteiger partial charge in [0.2, 0.25) is 0 Å². The molecule has 0 unspecified atom stereocenters. The lowest BCUT2D eigenvalue weighted by Gasteiger charge is -2.03. The van der Waals surface area contributed by atoms with Crippen LogP contribution in [-0.4, -0.2) is 21.0 Å². The molecule has 0 bridgehead atoms. The fraction of sp³-hybridized carbons (Fsp3) is 0.100. The van der Waals surface area contributed by atoms with Crippen LogP contribution in [0, 0.1) is 0 Å². The summed E-state index contributed by atoms with van der Waals surface area (Å²) in [5.41, 5.74) is 0.526. The van der Waals surface area contributed by atoms with Gasteiger partial charge < -0.3 is 4.74 Å². The first kappa shape index (κ1) is 9.39. The van der Waals surface area contributed by atoms with E-state index < -0.39 is 0 Å². The van der Waals surface area contributed by atoms with Gasteiger partial charge >= 0.3 is 5.97 Å². The topological polar surface area (TPSA) is 57.0 Å². The summed E-state index contributed by atoms with van der Waals surface area (Å²) < 4.78 is 6.43. The maximum Gasteiger partial charge on any atom is 0.339 e. The molecule has 5 nitrogen and oxygen atoms in total. The minimum Gasteiger partial charge on any atom is -0.439 e. The maximum atomic E-state index is 11.5. The van der Waals surface area contributed by atoms with Crippen LogP contribution in [0.15, 0.2) is 42.7 Å². The Morgan fingerprint density at radius 3 is 2.80 bits per heavy atom. The molecule has 0 amide bonds. The summed E-state index contributed by atoms with van der Waals surface area (Å²) in [6.07, 6.45) is 3.15. The van der Waals surface area contributed by atoms with Crippen molar-refractivity contribution in [2.75, 3.05) is 0 Å². The fourth-order valence-electron chi connectivity index (χ4n) is 1.08. The predicted molar refractivity (Wildman–Crippen MR) is 51.9 cm³/mol. The first-order valence-electron chi connectivity index (χ1n) is 4.42. The second-order valence-electron chi connectivity index (χ2n) is 2.87. The van der Waals surface area contributed by atoms with Crippen molar-refractivity contribution < 1.29 is 9.53 Å². The molecule has 0 N–H and O–H groups in total. The Balaban J connectivity index is 1.94. The predicted octanol–water partition coefficient (Wildman–Crippen LogP) is 1.09. The van der Waals surface area contributed by atoms with Gasteiger partial charge in [0.1, 0.15) is 0 Å². The van der Waals surface area contributed by atoms with Crippen molar-refractivity contribution in [3.63, 3.8) is 0 Å². The molecule has 0 radical (unpaired) electrons. The van der Waals surface area contributed by atoms with Crippen LogP contribution in [0.1, 0.15) is 10.4 Å². The van der Waals surface area contributed by atoms with Gasteiger partial charge in [0.25, 0.3) is 0 Å². The standard InChI is InChI=1S/C10H9N3O2/c14-10(9-4-2-1-3-5-9)15-8-13-7-6-11-12-13/h1-7H,8H2. The number of carbonyl (C=O) groups is 1. The second-order valence-corrected chi connectivity index (χ2v) is 2.87. The highest BCUT2D eigenvalue weighted by Crippen LogP contribution is 2.01. The third kappa shape index (κ3) is 2.40. The molecule has 0 fully saturated rings. The molecule has 0 saturated heterocycles. The molecule has 1 heterocycles. The summed E-state index contributed by atoms with van der Waals surface area (Å²) in [6, 6.07) is 8.81. The molecule has 1 aromatic carbocycles. The Labute approximate surface area is 86.3 Å². The van der Waals surface area contributed by atoms with E-state index in [1.54, 1.807) is 30.5 Å². The van der Waals surface area contributed by atoms with Crippen molar-refractivity contribution in [1.29, 1.82) is 0 Å². The van der Waals surface area contributed by atoms with Gasteiger partial charge in [0, 0.05) is 6.20 Å². The van der Waals surface area contributed by atoms with Gasteiger partial charge in [-0.15, -0.1) is 5.10 Å². The van der Waals surface area contributed by atoms with E-state index in [1.165, 1.54) is 10.9 Å². The van der Waals surface area contributed by atoms with E-state index in [2.05, 4.69) is 10.3 Å². The zero-order chi connectivity index (χ0) is 10.5. The smallest absolute Gasteiger partial charge is 0.339 e. The van der Waals surface area contributed by atoms with Crippen molar-refractivity contribution in [2.24, 2.45) is 0 Å². The lowest BCUT2D eigenvalue weighted by atomic mass is 10.2. The average Bonchev–Trinajstić information content (AvgIpc) is 2.80. The van der Waals surface area contributed by atoms with Gasteiger partial charge in [-0.3, -0.25) is 0 Å². The monoisotopic (exact) mass is 203 g/mol. The van der Waals surface area contributed by atoms with E-state index >= 15 is 0 Å². The van der Waals surface area contributed by atoms with Gasteiger partial charge in [0.15, 0.2) is 6.73 Å². The number of carbonyl (C=O) groups excluding carboxylic acids is 1. The number of aromatic nitrogens is 3. The van der Waals surface area contributed by atoms with Gasteiger partial charge in [-0.05, 0) is 12.1 Å². The van der Waals surface area contributed by atoms with Crippen LogP contribution in [0.25, 0.3) is 0 Å². The van der Waals surface area contributed by atoms with Crippen molar-refractivity contribution in [2.45, 2.75) is 6.73 Å². The highest BCUT2D eigenvalue weighted by molar-refractivity contribution is 5.89. The number of benzene rings is 1. The Bertz CT molecular complexity index is 425. The van der Waals surface area contributed by atoms with Crippen LogP contribution < -0.4 is 0 Å². The number of rotatable bonds is 3. The Morgan fingerprint density at radius 2 is 2.13 bits per heavy atom. The highest BCUT2D eigenvalue weighted by Gasteiger charge is 2.05. The van der Waals surface area contributed by atoms with Crippen LogP contribution in [0.5, 0.6) is 0 Å². The summed E-state index contributed by atoms with van der Waals surface area (Å²) in [5, 5.41) is 7.27. The number of esters is 1. The van der Waals surface area contributed by atoms with Gasteiger partial charge in [-0.1, -0.05) is 23.4 Å². The molecule has 0 aliphatic carbocycles. The Morgan fingerprint density at radius 1 is 1.33 bits per heavy atom. The van der Waals surface area contributed by atoms with Crippen molar-refractivity contribution in [3.05, 3.63) is 48.3 Å². The largest absolute Gasteiger partial charge is 0.439 e. The minimum absolute atomic E-state index is 0.0771. The molecule has 0 aliphatic rings. The molecule has 76 valence electrons. The molecule has 0 spiro atoms. The van der Waals surface area contributed by atoms with Crippen LogP contribution in [0.3, 0.4) is 0 Å². The number of ether oxygens (including phenoxy) is 1. The zero-order valence-electron chi connectivity index (χ0n) is 7.91. The van der Waals surface area contributed by atoms with Crippen LogP contribution >= 0.6 is 0 Å². The molecular weight excluding hydrogens is 194 g/mol. The summed E-state index contributed by atoms with van der Waals surface area (Å²) in [4.78, 5) is 11.5. The lowest BCUT2D eigenvalue weighted by molar-refractivity contribution is 0.0346. The first-order chi connectivity index (χ1) is 7.36. The molecule has 2 aromatic rings. The molecule has 0 atom stereocenters. The van der Waals surface area contributed by atoms with Crippen molar-refractivity contribution >= 4 is 5.97 Å². The quantitative estimate of drug-likeness (QED) is 0.701. The molecule has 2 rings (SSSR count). The minimum atomic E-state index is -0.369. The van der Waals surface area contributed by atoms with Gasteiger partial charge in [-0.2, -0.15) is 0 Å². The molecule has 0 saturated carbocycles. The Kier molecular flexibility index (Phi) is 2.73. The van der Waals surface area contributed by atoms with E-state index in [9.17, 15) is 4.79 Å². The highest BCUT2D eigenvalue weighted by atomic mass is 16.5. The van der Waals surface area contributed by atoms with E-state index in [1.807, 2.05) is 6.07 Å². The third-order valence-electron chi connectivity index (χ3n) is 1.81. The normalized spacial score (nSPS) is 9.87.